The molecule has 8 heteroatoms. The summed E-state index contributed by atoms with van der Waals surface area (Å²) < 4.78 is 28.3. The van der Waals surface area contributed by atoms with Crippen molar-refractivity contribution in [2.24, 2.45) is 0 Å². The van der Waals surface area contributed by atoms with Gasteiger partial charge in [0.15, 0.2) is 0 Å². The Labute approximate surface area is 170 Å². The molecule has 3 aromatic rings. The average molecular weight is 422 g/mol. The molecule has 1 atom stereocenters. The number of aromatic nitrogens is 2. The molecule has 0 fully saturated rings. The Bertz CT molecular complexity index is 1010. The van der Waals surface area contributed by atoms with Crippen LogP contribution >= 0.6 is 23.4 Å². The van der Waals surface area contributed by atoms with E-state index >= 15 is 0 Å². The van der Waals surface area contributed by atoms with Gasteiger partial charge in [-0.3, -0.25) is 9.89 Å². The SMILES string of the molecule is CSCC(NC(=O)c1cn[nH]c1-c1c(F)ccc(F)c1C)c1cccc(Cl)c1. The lowest BCUT2D eigenvalue weighted by Gasteiger charge is -2.19. The van der Waals surface area contributed by atoms with Crippen LogP contribution in [0, 0.1) is 18.6 Å². The molecule has 0 spiro atoms. The molecule has 0 radical (unpaired) electrons. The molecular formula is C20H18ClF2N3OS. The number of hydrogen-bond acceptors (Lipinski definition) is 3. The number of halogens is 3. The van der Waals surface area contributed by atoms with E-state index in [9.17, 15) is 13.6 Å². The first-order chi connectivity index (χ1) is 13.4. The standard InChI is InChI=1S/C20H18ClF2N3OS/c1-11-15(22)6-7-16(23)18(11)19-14(9-24-26-19)20(27)25-17(10-28-2)12-4-3-5-13(21)8-12/h3-9,17H,10H2,1-2H3,(H,24,26)(H,25,27). The van der Waals surface area contributed by atoms with Crippen molar-refractivity contribution in [2.45, 2.75) is 13.0 Å². The van der Waals surface area contributed by atoms with E-state index < -0.39 is 17.5 Å². The minimum Gasteiger partial charge on any atom is -0.344 e. The number of carbonyl (C=O) groups excluding carboxylic acids is 1. The molecule has 1 aromatic heterocycles. The van der Waals surface area contributed by atoms with Gasteiger partial charge in [0.1, 0.15) is 11.6 Å². The predicted octanol–water partition coefficient (Wildman–Crippen LogP) is 5.15. The summed E-state index contributed by atoms with van der Waals surface area (Å²) in [5.74, 6) is -1.01. The first-order valence-electron chi connectivity index (χ1n) is 8.46. The highest BCUT2D eigenvalue weighted by atomic mass is 35.5. The number of nitrogens with one attached hydrogen (secondary N) is 2. The lowest BCUT2D eigenvalue weighted by atomic mass is 10.0. The maximum absolute atomic E-state index is 14.4. The Hall–Kier alpha value is -2.38. The van der Waals surface area contributed by atoms with E-state index in [1.54, 1.807) is 23.9 Å². The van der Waals surface area contributed by atoms with Crippen molar-refractivity contribution < 1.29 is 13.6 Å². The quantitative estimate of drug-likeness (QED) is 0.578. The van der Waals surface area contributed by atoms with Crippen LogP contribution in [0.5, 0.6) is 0 Å². The second-order valence-corrected chi connectivity index (χ2v) is 7.57. The van der Waals surface area contributed by atoms with Crippen LogP contribution in [0.3, 0.4) is 0 Å². The van der Waals surface area contributed by atoms with Gasteiger partial charge in [0.05, 0.1) is 23.5 Å². The zero-order chi connectivity index (χ0) is 20.3. The molecule has 0 aliphatic heterocycles. The van der Waals surface area contributed by atoms with Crippen LogP contribution in [0.1, 0.15) is 27.5 Å². The molecule has 3 rings (SSSR count). The molecule has 1 heterocycles. The number of thioether (sulfide) groups is 1. The van der Waals surface area contributed by atoms with Crippen LogP contribution in [-0.4, -0.2) is 28.1 Å². The Morgan fingerprint density at radius 1 is 1.29 bits per heavy atom. The van der Waals surface area contributed by atoms with E-state index in [1.165, 1.54) is 13.1 Å². The Morgan fingerprint density at radius 2 is 2.04 bits per heavy atom. The van der Waals surface area contributed by atoms with Crippen LogP contribution in [0.15, 0.2) is 42.6 Å². The first-order valence-corrected chi connectivity index (χ1v) is 10.2. The summed E-state index contributed by atoms with van der Waals surface area (Å²) in [4.78, 5) is 12.9. The van der Waals surface area contributed by atoms with E-state index in [-0.39, 0.29) is 28.4 Å². The normalized spacial score (nSPS) is 12.0. The molecule has 1 unspecified atom stereocenters. The molecule has 1 amide bonds. The van der Waals surface area contributed by atoms with Gasteiger partial charge in [-0.2, -0.15) is 16.9 Å². The number of H-pyrrole nitrogens is 1. The number of hydrogen-bond donors (Lipinski definition) is 2. The van der Waals surface area contributed by atoms with Crippen molar-refractivity contribution in [3.63, 3.8) is 0 Å². The van der Waals surface area contributed by atoms with Crippen molar-refractivity contribution in [2.75, 3.05) is 12.0 Å². The second kappa shape index (κ2) is 8.75. The summed E-state index contributed by atoms with van der Waals surface area (Å²) in [7, 11) is 0. The topological polar surface area (TPSA) is 57.8 Å². The third-order valence-electron chi connectivity index (χ3n) is 4.37. The molecule has 0 saturated heterocycles. The van der Waals surface area contributed by atoms with Crippen LogP contribution in [0.4, 0.5) is 8.78 Å². The van der Waals surface area contributed by atoms with E-state index in [1.807, 2.05) is 18.4 Å². The number of amides is 1. The van der Waals surface area contributed by atoms with Crippen LogP contribution in [0.2, 0.25) is 5.02 Å². The highest BCUT2D eigenvalue weighted by Crippen LogP contribution is 2.30. The monoisotopic (exact) mass is 421 g/mol. The van der Waals surface area contributed by atoms with Crippen molar-refractivity contribution in [1.29, 1.82) is 0 Å². The van der Waals surface area contributed by atoms with E-state index in [2.05, 4.69) is 15.5 Å². The molecule has 0 saturated carbocycles. The second-order valence-electron chi connectivity index (χ2n) is 6.22. The molecule has 0 aliphatic carbocycles. The molecule has 2 aromatic carbocycles. The highest BCUT2D eigenvalue weighted by molar-refractivity contribution is 7.98. The largest absolute Gasteiger partial charge is 0.344 e. The number of nitrogens with zero attached hydrogens (tertiary/aromatic N) is 1. The fourth-order valence-electron chi connectivity index (χ4n) is 2.96. The lowest BCUT2D eigenvalue weighted by Crippen LogP contribution is -2.30. The third kappa shape index (κ3) is 4.20. The summed E-state index contributed by atoms with van der Waals surface area (Å²) in [6.45, 7) is 1.46. The Balaban J connectivity index is 1.94. The van der Waals surface area contributed by atoms with Crippen molar-refractivity contribution in [1.82, 2.24) is 15.5 Å². The van der Waals surface area contributed by atoms with Crippen LogP contribution in [-0.2, 0) is 0 Å². The summed E-state index contributed by atoms with van der Waals surface area (Å²) in [5, 5.41) is 9.99. The van der Waals surface area contributed by atoms with Gasteiger partial charge < -0.3 is 5.32 Å². The van der Waals surface area contributed by atoms with E-state index in [0.717, 1.165) is 17.7 Å². The first kappa shape index (κ1) is 20.4. The van der Waals surface area contributed by atoms with Gasteiger partial charge in [-0.25, -0.2) is 8.78 Å². The highest BCUT2D eigenvalue weighted by Gasteiger charge is 2.23. The smallest absolute Gasteiger partial charge is 0.255 e. The van der Waals surface area contributed by atoms with Crippen molar-refractivity contribution >= 4 is 29.3 Å². The van der Waals surface area contributed by atoms with Gasteiger partial charge in [-0.15, -0.1) is 0 Å². The fraction of sp³-hybridized carbons (Fsp3) is 0.200. The van der Waals surface area contributed by atoms with Gasteiger partial charge in [-0.1, -0.05) is 23.7 Å². The Kier molecular flexibility index (Phi) is 6.36. The van der Waals surface area contributed by atoms with Crippen molar-refractivity contribution in [3.8, 4) is 11.3 Å². The predicted molar refractivity (Wildman–Crippen MR) is 109 cm³/mol. The summed E-state index contributed by atoms with van der Waals surface area (Å²) >= 11 is 7.63. The molecule has 28 heavy (non-hydrogen) atoms. The number of carbonyl (C=O) groups is 1. The van der Waals surface area contributed by atoms with Crippen molar-refractivity contribution in [3.05, 3.63) is 75.9 Å². The van der Waals surface area contributed by atoms with Gasteiger partial charge in [0.25, 0.3) is 5.91 Å². The number of rotatable bonds is 6. The molecule has 146 valence electrons. The van der Waals surface area contributed by atoms with Crippen LogP contribution < -0.4 is 5.32 Å². The zero-order valence-corrected chi connectivity index (χ0v) is 16.8. The third-order valence-corrected chi connectivity index (χ3v) is 5.27. The molecule has 0 bridgehead atoms. The van der Waals surface area contributed by atoms with Gasteiger partial charge in [-0.05, 0) is 48.6 Å². The maximum atomic E-state index is 14.4. The zero-order valence-electron chi connectivity index (χ0n) is 15.2. The lowest BCUT2D eigenvalue weighted by molar-refractivity contribution is 0.0941. The molecule has 0 aliphatic rings. The minimum atomic E-state index is -0.632. The molecule has 2 N–H and O–H groups in total. The van der Waals surface area contributed by atoms with Gasteiger partial charge in [0, 0.05) is 16.3 Å². The van der Waals surface area contributed by atoms with Gasteiger partial charge >= 0.3 is 0 Å². The average Bonchev–Trinajstić information content (AvgIpc) is 3.14. The van der Waals surface area contributed by atoms with E-state index in [0.29, 0.717) is 10.8 Å². The number of aromatic amines is 1. The van der Waals surface area contributed by atoms with Gasteiger partial charge in [0.2, 0.25) is 0 Å². The summed E-state index contributed by atoms with van der Waals surface area (Å²) in [6.07, 6.45) is 3.24. The van der Waals surface area contributed by atoms with Crippen LogP contribution in [0.25, 0.3) is 11.3 Å². The minimum absolute atomic E-state index is 0.00757. The number of benzene rings is 2. The fourth-order valence-corrected chi connectivity index (χ4v) is 3.76. The summed E-state index contributed by atoms with van der Waals surface area (Å²) in [5.41, 5.74) is 1.23. The molecular weight excluding hydrogens is 404 g/mol. The van der Waals surface area contributed by atoms with E-state index in [4.69, 9.17) is 11.6 Å². The maximum Gasteiger partial charge on any atom is 0.255 e. The summed E-state index contributed by atoms with van der Waals surface area (Å²) in [6, 6.07) is 9.01. The Morgan fingerprint density at radius 3 is 2.75 bits per heavy atom. The molecule has 4 nitrogen and oxygen atoms in total.